The molecule has 6 nitrogen and oxygen atoms in total. The Balaban J connectivity index is 1.75. The number of aromatic nitrogens is 5. The lowest BCUT2D eigenvalue weighted by Crippen LogP contribution is -2.23. The van der Waals surface area contributed by atoms with Gasteiger partial charge in [0.05, 0.1) is 23.6 Å². The fraction of sp³-hybridized carbons (Fsp3) is 0.500. The highest BCUT2D eigenvalue weighted by Gasteiger charge is 2.33. The van der Waals surface area contributed by atoms with Crippen LogP contribution in [0.25, 0.3) is 4.96 Å². The molecule has 4 rings (SSSR count). The van der Waals surface area contributed by atoms with Crippen molar-refractivity contribution in [2.75, 3.05) is 11.4 Å². The monoisotopic (exact) mass is 336 g/mol. The molecule has 0 aromatic carbocycles. The van der Waals surface area contributed by atoms with Crippen LogP contribution in [-0.4, -0.2) is 30.9 Å². The summed E-state index contributed by atoms with van der Waals surface area (Å²) in [4.78, 5) is 7.77. The Morgan fingerprint density at radius 3 is 2.82 bits per heavy atom. The van der Waals surface area contributed by atoms with Crippen LogP contribution in [0.1, 0.15) is 35.8 Å². The van der Waals surface area contributed by atoms with Crippen LogP contribution in [0.5, 0.6) is 0 Å². The van der Waals surface area contributed by atoms with Gasteiger partial charge in [-0.1, -0.05) is 22.9 Å². The predicted molar refractivity (Wildman–Crippen MR) is 87.9 cm³/mol. The molecule has 22 heavy (non-hydrogen) atoms. The largest absolute Gasteiger partial charge is 0.339 e. The van der Waals surface area contributed by atoms with E-state index in [1.54, 1.807) is 16.0 Å². The molecule has 1 fully saturated rings. The van der Waals surface area contributed by atoms with Crippen LogP contribution in [0.3, 0.4) is 0 Å². The summed E-state index contributed by atoms with van der Waals surface area (Å²) in [5.41, 5.74) is 3.13. The number of hydrogen-bond donors (Lipinski definition) is 0. The molecule has 1 aliphatic heterocycles. The molecule has 1 saturated heterocycles. The van der Waals surface area contributed by atoms with E-state index in [0.29, 0.717) is 0 Å². The summed E-state index contributed by atoms with van der Waals surface area (Å²) in [5, 5.41) is 10.9. The molecular formula is C14H17ClN6S. The van der Waals surface area contributed by atoms with E-state index >= 15 is 0 Å². The molecule has 0 amide bonds. The van der Waals surface area contributed by atoms with Gasteiger partial charge in [0, 0.05) is 19.2 Å². The normalized spacial score (nSPS) is 18.7. The van der Waals surface area contributed by atoms with Crippen LogP contribution in [0.4, 0.5) is 5.13 Å². The Labute approximate surface area is 137 Å². The molecule has 4 heterocycles. The number of anilines is 1. The van der Waals surface area contributed by atoms with Crippen LogP contribution in [-0.2, 0) is 7.05 Å². The van der Waals surface area contributed by atoms with Crippen molar-refractivity contribution in [2.24, 2.45) is 7.05 Å². The lowest BCUT2D eigenvalue weighted by Gasteiger charge is -2.23. The maximum Gasteiger partial charge on any atom is 0.214 e. The number of aryl methyl sites for hydroxylation is 3. The Hall–Kier alpha value is -1.60. The molecule has 0 aliphatic carbocycles. The SMILES string of the molecule is Cc1cn2nc(N3CCC[C@H]3c3c(C)nn(C)c3Cl)sc2n1. The number of fused-ring (bicyclic) bond motifs is 1. The second-order valence-corrected chi connectivity index (χ2v) is 7.05. The van der Waals surface area contributed by atoms with Crippen LogP contribution >= 0.6 is 22.9 Å². The number of imidazole rings is 1. The van der Waals surface area contributed by atoms with Crippen LogP contribution in [0, 0.1) is 13.8 Å². The second kappa shape index (κ2) is 4.96. The molecule has 0 saturated carbocycles. The fourth-order valence-corrected chi connectivity index (χ4v) is 4.54. The molecule has 0 unspecified atom stereocenters. The van der Waals surface area contributed by atoms with Crippen molar-refractivity contribution in [3.8, 4) is 0 Å². The van der Waals surface area contributed by atoms with E-state index in [4.69, 9.17) is 11.6 Å². The third kappa shape index (κ3) is 2.03. The van der Waals surface area contributed by atoms with Crippen LogP contribution < -0.4 is 4.90 Å². The highest BCUT2D eigenvalue weighted by Crippen LogP contribution is 2.41. The third-order valence-corrected chi connectivity index (χ3v) is 5.59. The minimum Gasteiger partial charge on any atom is -0.339 e. The first-order valence-corrected chi connectivity index (χ1v) is 8.52. The van der Waals surface area contributed by atoms with Crippen molar-refractivity contribution in [2.45, 2.75) is 32.7 Å². The van der Waals surface area contributed by atoms with E-state index in [-0.39, 0.29) is 6.04 Å². The molecule has 0 spiro atoms. The lowest BCUT2D eigenvalue weighted by atomic mass is 10.1. The minimum atomic E-state index is 0.248. The number of rotatable bonds is 2. The molecule has 116 valence electrons. The van der Waals surface area contributed by atoms with Gasteiger partial charge in [-0.3, -0.25) is 4.68 Å². The average molecular weight is 337 g/mol. The highest BCUT2D eigenvalue weighted by molar-refractivity contribution is 7.20. The van der Waals surface area contributed by atoms with Gasteiger partial charge >= 0.3 is 0 Å². The Morgan fingerprint density at radius 2 is 2.14 bits per heavy atom. The third-order valence-electron chi connectivity index (χ3n) is 4.18. The summed E-state index contributed by atoms with van der Waals surface area (Å²) in [6, 6.07) is 0.248. The summed E-state index contributed by atoms with van der Waals surface area (Å²) in [6.45, 7) is 5.00. The van der Waals surface area contributed by atoms with Gasteiger partial charge in [-0.25, -0.2) is 9.50 Å². The van der Waals surface area contributed by atoms with Crippen LogP contribution in [0.15, 0.2) is 6.20 Å². The summed E-state index contributed by atoms with van der Waals surface area (Å²) in [5.74, 6) is 0. The maximum atomic E-state index is 6.46. The molecule has 3 aromatic heterocycles. The maximum absolute atomic E-state index is 6.46. The van der Waals surface area contributed by atoms with Gasteiger partial charge in [-0.15, -0.1) is 5.10 Å². The van der Waals surface area contributed by atoms with E-state index in [1.165, 1.54) is 0 Å². The molecule has 1 aliphatic rings. The fourth-order valence-electron chi connectivity index (χ4n) is 3.24. The van der Waals surface area contributed by atoms with E-state index in [2.05, 4.69) is 20.1 Å². The van der Waals surface area contributed by atoms with E-state index < -0.39 is 0 Å². The van der Waals surface area contributed by atoms with Crippen molar-refractivity contribution in [3.63, 3.8) is 0 Å². The van der Waals surface area contributed by atoms with Crippen molar-refractivity contribution in [1.82, 2.24) is 24.4 Å². The van der Waals surface area contributed by atoms with Gasteiger partial charge in [0.25, 0.3) is 0 Å². The van der Waals surface area contributed by atoms with Crippen molar-refractivity contribution in [3.05, 3.63) is 28.3 Å². The first-order chi connectivity index (χ1) is 10.5. The van der Waals surface area contributed by atoms with Crippen molar-refractivity contribution in [1.29, 1.82) is 0 Å². The van der Waals surface area contributed by atoms with E-state index in [0.717, 1.165) is 51.6 Å². The van der Waals surface area contributed by atoms with Gasteiger partial charge < -0.3 is 4.90 Å². The first kappa shape index (κ1) is 14.0. The highest BCUT2D eigenvalue weighted by atomic mass is 35.5. The first-order valence-electron chi connectivity index (χ1n) is 7.33. The molecule has 8 heteroatoms. The standard InChI is InChI=1S/C14H17ClN6S/c1-8-7-21-13(16-8)22-14(18-21)20-6-4-5-10(20)11-9(2)17-19(3)12(11)15/h7,10H,4-6H2,1-3H3/t10-/m0/s1. The summed E-state index contributed by atoms with van der Waals surface area (Å²) >= 11 is 8.09. The predicted octanol–water partition coefficient (Wildman–Crippen LogP) is 3.14. The molecular weight excluding hydrogens is 320 g/mol. The van der Waals surface area contributed by atoms with Crippen molar-refractivity contribution >= 4 is 33.0 Å². The van der Waals surface area contributed by atoms with Crippen LogP contribution in [0.2, 0.25) is 5.15 Å². The topological polar surface area (TPSA) is 51.2 Å². The summed E-state index contributed by atoms with van der Waals surface area (Å²) in [6.07, 6.45) is 4.17. The Bertz CT molecular complexity index is 816. The molecule has 0 N–H and O–H groups in total. The summed E-state index contributed by atoms with van der Waals surface area (Å²) < 4.78 is 3.61. The van der Waals surface area contributed by atoms with Gasteiger partial charge in [0.2, 0.25) is 10.1 Å². The molecule has 0 radical (unpaired) electrons. The second-order valence-electron chi connectivity index (χ2n) is 5.76. The van der Waals surface area contributed by atoms with Gasteiger partial charge in [0.1, 0.15) is 5.15 Å². The summed E-state index contributed by atoms with van der Waals surface area (Å²) in [7, 11) is 1.89. The lowest BCUT2D eigenvalue weighted by molar-refractivity contribution is 0.705. The van der Waals surface area contributed by atoms with Crippen molar-refractivity contribution < 1.29 is 0 Å². The smallest absolute Gasteiger partial charge is 0.214 e. The molecule has 0 bridgehead atoms. The number of halogens is 1. The zero-order valence-corrected chi connectivity index (χ0v) is 14.3. The number of hydrogen-bond acceptors (Lipinski definition) is 5. The Morgan fingerprint density at radius 1 is 1.32 bits per heavy atom. The molecule has 3 aromatic rings. The zero-order valence-electron chi connectivity index (χ0n) is 12.7. The molecule has 1 atom stereocenters. The quantitative estimate of drug-likeness (QED) is 0.721. The zero-order chi connectivity index (χ0) is 15.4. The van der Waals surface area contributed by atoms with E-state index in [9.17, 15) is 0 Å². The average Bonchev–Trinajstić information content (AvgIpc) is 3.15. The van der Waals surface area contributed by atoms with Gasteiger partial charge in [-0.05, 0) is 26.7 Å². The van der Waals surface area contributed by atoms with Gasteiger partial charge in [-0.2, -0.15) is 5.10 Å². The number of nitrogens with zero attached hydrogens (tertiary/aromatic N) is 6. The minimum absolute atomic E-state index is 0.248. The van der Waals surface area contributed by atoms with Gasteiger partial charge in [0.15, 0.2) is 0 Å². The Kier molecular flexibility index (Phi) is 3.16. The van der Waals surface area contributed by atoms with E-state index in [1.807, 2.05) is 31.6 Å².